The Kier molecular flexibility index (Phi) is 8.20. The zero-order chi connectivity index (χ0) is 29.1. The first-order chi connectivity index (χ1) is 19.7. The fourth-order valence-corrected chi connectivity index (χ4v) is 5.17. The summed E-state index contributed by atoms with van der Waals surface area (Å²) in [4.78, 5) is 49.9. The van der Waals surface area contributed by atoms with Gasteiger partial charge in [-0.25, -0.2) is 9.31 Å². The Labute approximate surface area is 239 Å². The van der Waals surface area contributed by atoms with Gasteiger partial charge in [-0.15, -0.1) is 5.10 Å². The molecule has 2 aliphatic rings. The predicted molar refractivity (Wildman–Crippen MR) is 155 cm³/mol. The SMILES string of the molecule is CCOC(=O)N1CC=C(c2cccn3nc(Nc4ccc(C(=O)N5CCN(C)CC5C(=O)N(C)C)cc4)nc23)CC1. The lowest BCUT2D eigenvalue weighted by Crippen LogP contribution is -2.59. The van der Waals surface area contributed by atoms with Crippen molar-refractivity contribution in [2.45, 2.75) is 19.4 Å². The lowest BCUT2D eigenvalue weighted by molar-refractivity contribution is -0.135. The molecule has 0 bridgehead atoms. The molecule has 0 aliphatic carbocycles. The average molecular weight is 561 g/mol. The number of benzene rings is 1. The minimum Gasteiger partial charge on any atom is -0.450 e. The summed E-state index contributed by atoms with van der Waals surface area (Å²) in [6.45, 7) is 4.92. The van der Waals surface area contributed by atoms with Gasteiger partial charge in [0.15, 0.2) is 5.65 Å². The Balaban J connectivity index is 1.29. The van der Waals surface area contributed by atoms with E-state index in [1.807, 2.05) is 43.6 Å². The Hall–Kier alpha value is -4.45. The summed E-state index contributed by atoms with van der Waals surface area (Å²) in [7, 11) is 5.38. The van der Waals surface area contributed by atoms with Crippen LogP contribution in [-0.2, 0) is 9.53 Å². The maximum atomic E-state index is 13.4. The Morgan fingerprint density at radius 3 is 2.56 bits per heavy atom. The number of likely N-dealkylation sites (N-methyl/N-ethyl adjacent to an activating group) is 2. The number of fused-ring (bicyclic) bond motifs is 1. The van der Waals surface area contributed by atoms with E-state index in [4.69, 9.17) is 9.72 Å². The number of carbonyl (C=O) groups excluding carboxylic acids is 3. The van der Waals surface area contributed by atoms with Gasteiger partial charge in [-0.2, -0.15) is 4.98 Å². The molecule has 1 unspecified atom stereocenters. The van der Waals surface area contributed by atoms with E-state index in [9.17, 15) is 14.4 Å². The first-order valence-corrected chi connectivity index (χ1v) is 13.8. The molecule has 0 spiro atoms. The lowest BCUT2D eigenvalue weighted by atomic mass is 10.0. The molecule has 41 heavy (non-hydrogen) atoms. The summed E-state index contributed by atoms with van der Waals surface area (Å²) in [5, 5.41) is 7.80. The largest absolute Gasteiger partial charge is 0.450 e. The van der Waals surface area contributed by atoms with Crippen molar-refractivity contribution in [3.05, 3.63) is 59.8 Å². The first-order valence-electron chi connectivity index (χ1n) is 13.8. The van der Waals surface area contributed by atoms with Crippen molar-refractivity contribution < 1.29 is 19.1 Å². The molecule has 3 amide bonds. The van der Waals surface area contributed by atoms with Crippen molar-refractivity contribution >= 4 is 40.8 Å². The highest BCUT2D eigenvalue weighted by molar-refractivity contribution is 5.98. The highest BCUT2D eigenvalue weighted by Gasteiger charge is 2.35. The van der Waals surface area contributed by atoms with Crippen LogP contribution in [0.25, 0.3) is 11.2 Å². The molecule has 2 aromatic heterocycles. The van der Waals surface area contributed by atoms with Gasteiger partial charge in [0.1, 0.15) is 6.04 Å². The van der Waals surface area contributed by atoms with Crippen LogP contribution in [0.5, 0.6) is 0 Å². The summed E-state index contributed by atoms with van der Waals surface area (Å²) in [5.74, 6) is 0.181. The van der Waals surface area contributed by atoms with Crippen molar-refractivity contribution in [2.75, 3.05) is 65.8 Å². The highest BCUT2D eigenvalue weighted by Crippen LogP contribution is 2.27. The highest BCUT2D eigenvalue weighted by atomic mass is 16.6. The van der Waals surface area contributed by atoms with E-state index in [2.05, 4.69) is 15.3 Å². The average Bonchev–Trinajstić information content (AvgIpc) is 3.39. The van der Waals surface area contributed by atoms with Crippen LogP contribution in [0.3, 0.4) is 0 Å². The van der Waals surface area contributed by atoms with Crippen molar-refractivity contribution in [2.24, 2.45) is 0 Å². The van der Waals surface area contributed by atoms with E-state index in [0.717, 1.165) is 16.8 Å². The molecule has 216 valence electrons. The van der Waals surface area contributed by atoms with Crippen molar-refractivity contribution in [3.63, 3.8) is 0 Å². The fourth-order valence-electron chi connectivity index (χ4n) is 5.17. The smallest absolute Gasteiger partial charge is 0.410 e. The molecule has 1 saturated heterocycles. The third kappa shape index (κ3) is 6.02. The number of piperazine rings is 1. The number of anilines is 2. The third-order valence-corrected chi connectivity index (χ3v) is 7.40. The second kappa shape index (κ2) is 12.0. The quantitative estimate of drug-likeness (QED) is 0.489. The van der Waals surface area contributed by atoms with Crippen molar-refractivity contribution in [1.82, 2.24) is 34.2 Å². The molecule has 5 rings (SSSR count). The van der Waals surface area contributed by atoms with Gasteiger partial charge in [0.2, 0.25) is 11.9 Å². The third-order valence-electron chi connectivity index (χ3n) is 7.40. The van der Waals surface area contributed by atoms with E-state index in [0.29, 0.717) is 62.9 Å². The van der Waals surface area contributed by atoms with Crippen LogP contribution >= 0.6 is 0 Å². The zero-order valence-corrected chi connectivity index (χ0v) is 23.9. The topological polar surface area (TPSA) is 116 Å². The normalized spacial score (nSPS) is 17.8. The maximum Gasteiger partial charge on any atom is 0.410 e. The number of rotatable bonds is 6. The molecule has 3 aromatic rings. The van der Waals surface area contributed by atoms with Gasteiger partial charge in [0, 0.05) is 69.8 Å². The molecule has 1 fully saturated rings. The van der Waals surface area contributed by atoms with Gasteiger partial charge in [-0.1, -0.05) is 6.08 Å². The van der Waals surface area contributed by atoms with Crippen LogP contribution in [0, 0.1) is 0 Å². The van der Waals surface area contributed by atoms with Gasteiger partial charge in [0.05, 0.1) is 6.61 Å². The summed E-state index contributed by atoms with van der Waals surface area (Å²) < 4.78 is 6.84. The molecule has 4 heterocycles. The number of nitrogens with one attached hydrogen (secondary N) is 1. The molecule has 12 nitrogen and oxygen atoms in total. The molecule has 1 N–H and O–H groups in total. The van der Waals surface area contributed by atoms with Crippen LogP contribution < -0.4 is 5.32 Å². The van der Waals surface area contributed by atoms with Gasteiger partial charge in [0.25, 0.3) is 5.91 Å². The number of hydrogen-bond acceptors (Lipinski definition) is 8. The molecule has 0 radical (unpaired) electrons. The standard InChI is InChI=1S/C29H36N8O4/c1-5-41-29(40)35-15-12-20(13-16-35)23-7-6-14-37-25(23)31-28(32-37)30-22-10-8-21(9-11-22)26(38)36-18-17-34(4)19-24(36)27(39)33(2)3/h6-12,14,24H,5,13,15-19H2,1-4H3,(H,30,32). The second-order valence-electron chi connectivity index (χ2n) is 10.5. The van der Waals surface area contributed by atoms with Gasteiger partial charge >= 0.3 is 6.09 Å². The van der Waals surface area contributed by atoms with E-state index in [-0.39, 0.29) is 17.9 Å². The summed E-state index contributed by atoms with van der Waals surface area (Å²) in [6.07, 6.45) is 4.27. The number of ether oxygens (including phenoxy) is 1. The van der Waals surface area contributed by atoms with E-state index in [1.165, 1.54) is 4.90 Å². The van der Waals surface area contributed by atoms with Gasteiger partial charge < -0.3 is 29.7 Å². The number of carbonyl (C=O) groups is 3. The van der Waals surface area contributed by atoms with Crippen LogP contribution in [0.1, 0.15) is 29.3 Å². The molecular weight excluding hydrogens is 524 g/mol. The van der Waals surface area contributed by atoms with Crippen molar-refractivity contribution in [1.29, 1.82) is 0 Å². The molecule has 12 heteroatoms. The molecular formula is C29H36N8O4. The predicted octanol–water partition coefficient (Wildman–Crippen LogP) is 2.56. The van der Waals surface area contributed by atoms with Gasteiger partial charge in [-0.05, 0) is 62.4 Å². The molecule has 0 saturated carbocycles. The number of pyridine rings is 1. The number of aromatic nitrogens is 3. The first kappa shape index (κ1) is 28.1. The van der Waals surface area contributed by atoms with Crippen LogP contribution in [-0.4, -0.2) is 119 Å². The number of hydrogen-bond donors (Lipinski definition) is 1. The zero-order valence-electron chi connectivity index (χ0n) is 23.9. The second-order valence-corrected chi connectivity index (χ2v) is 10.5. The van der Waals surface area contributed by atoms with Crippen LogP contribution in [0.4, 0.5) is 16.4 Å². The van der Waals surface area contributed by atoms with Gasteiger partial charge in [-0.3, -0.25) is 9.59 Å². The minimum atomic E-state index is -0.516. The summed E-state index contributed by atoms with van der Waals surface area (Å²) in [6, 6.07) is 10.5. The Bertz CT molecular complexity index is 1470. The number of amides is 3. The van der Waals surface area contributed by atoms with Crippen LogP contribution in [0.15, 0.2) is 48.7 Å². The molecule has 1 atom stereocenters. The van der Waals surface area contributed by atoms with E-state index in [1.54, 1.807) is 47.5 Å². The molecule has 1 aromatic carbocycles. The lowest BCUT2D eigenvalue weighted by Gasteiger charge is -2.40. The Morgan fingerprint density at radius 2 is 1.88 bits per heavy atom. The Morgan fingerprint density at radius 1 is 1.10 bits per heavy atom. The minimum absolute atomic E-state index is 0.0826. The summed E-state index contributed by atoms with van der Waals surface area (Å²) in [5.41, 5.74) is 4.03. The number of nitrogens with zero attached hydrogens (tertiary/aromatic N) is 7. The summed E-state index contributed by atoms with van der Waals surface area (Å²) >= 11 is 0. The van der Waals surface area contributed by atoms with Crippen LogP contribution in [0.2, 0.25) is 0 Å². The van der Waals surface area contributed by atoms with E-state index >= 15 is 0 Å². The maximum absolute atomic E-state index is 13.4. The fraction of sp³-hybridized carbons (Fsp3) is 0.414. The van der Waals surface area contributed by atoms with E-state index < -0.39 is 6.04 Å². The van der Waals surface area contributed by atoms with Crippen molar-refractivity contribution in [3.8, 4) is 0 Å². The molecule has 2 aliphatic heterocycles. The monoisotopic (exact) mass is 560 g/mol.